The fourth-order valence-corrected chi connectivity index (χ4v) is 10.9. The van der Waals surface area contributed by atoms with Gasteiger partial charge in [-0.3, -0.25) is 4.79 Å². The summed E-state index contributed by atoms with van der Waals surface area (Å²) in [5.74, 6) is -2.63. The van der Waals surface area contributed by atoms with E-state index in [4.69, 9.17) is 0 Å². The Balaban J connectivity index is 1.24. The number of sulfone groups is 1. The predicted molar refractivity (Wildman–Crippen MR) is 148 cm³/mol. The van der Waals surface area contributed by atoms with Gasteiger partial charge in [-0.15, -0.1) is 0 Å². The summed E-state index contributed by atoms with van der Waals surface area (Å²) in [4.78, 5) is 12.4. The van der Waals surface area contributed by atoms with Crippen molar-refractivity contribution in [1.82, 2.24) is 0 Å². The van der Waals surface area contributed by atoms with Crippen LogP contribution >= 0.6 is 0 Å². The monoisotopic (exact) mass is 612 g/mol. The minimum absolute atomic E-state index is 0.0127. The molecule has 0 aromatic carbocycles. The second-order valence-corrected chi connectivity index (χ2v) is 16.7. The van der Waals surface area contributed by atoms with Gasteiger partial charge in [-0.25, -0.2) is 8.42 Å². The average Bonchev–Trinajstić information content (AvgIpc) is 3.17. The molecule has 0 spiro atoms. The molecule has 238 valence electrons. The van der Waals surface area contributed by atoms with Crippen LogP contribution in [0, 0.1) is 40.4 Å². The van der Waals surface area contributed by atoms with E-state index in [9.17, 15) is 40.3 Å². The molecule has 0 bridgehead atoms. The lowest BCUT2D eigenvalue weighted by Crippen LogP contribution is -2.57. The zero-order chi connectivity index (χ0) is 30.3. The molecule has 10 heteroatoms. The molecule has 4 aliphatic carbocycles. The van der Waals surface area contributed by atoms with Crippen LogP contribution in [-0.4, -0.2) is 49.0 Å². The first-order chi connectivity index (χ1) is 19.0. The summed E-state index contributed by atoms with van der Waals surface area (Å²) in [6.45, 7) is 4.72. The number of rotatable bonds is 12. The quantitative estimate of drug-likeness (QED) is 0.180. The second kappa shape index (κ2) is 12.3. The molecular formula is C31H49F5O4S. The summed E-state index contributed by atoms with van der Waals surface area (Å²) in [5, 5.41) is 10.9. The van der Waals surface area contributed by atoms with Crippen LogP contribution < -0.4 is 0 Å². The molecule has 4 saturated carbocycles. The third-order valence-electron chi connectivity index (χ3n) is 12.0. The summed E-state index contributed by atoms with van der Waals surface area (Å²) >= 11 is 0. The largest absolute Gasteiger partial charge is 0.453 e. The van der Waals surface area contributed by atoms with E-state index < -0.39 is 40.5 Å². The first-order valence-corrected chi connectivity index (χ1v) is 17.7. The number of ketones is 1. The Bertz CT molecular complexity index is 1030. The van der Waals surface area contributed by atoms with Crippen LogP contribution in [0.2, 0.25) is 0 Å². The third kappa shape index (κ3) is 6.99. The van der Waals surface area contributed by atoms with E-state index in [0.29, 0.717) is 61.1 Å². The molecule has 1 N–H and O–H groups in total. The van der Waals surface area contributed by atoms with E-state index in [0.717, 1.165) is 64.2 Å². The van der Waals surface area contributed by atoms with Gasteiger partial charge in [-0.1, -0.05) is 46.0 Å². The van der Waals surface area contributed by atoms with Gasteiger partial charge in [0.1, 0.15) is 15.6 Å². The number of Topliss-reactive ketones (excluding diaryl/α,β-unsaturated/α-hetero) is 1. The maximum atomic E-state index is 13.0. The van der Waals surface area contributed by atoms with Gasteiger partial charge >= 0.3 is 12.1 Å². The lowest BCUT2D eigenvalue weighted by Gasteiger charge is -2.62. The molecule has 4 nitrogen and oxygen atoms in total. The van der Waals surface area contributed by atoms with E-state index in [-0.39, 0.29) is 22.7 Å². The van der Waals surface area contributed by atoms with Crippen LogP contribution in [0.3, 0.4) is 0 Å². The zero-order valence-electron chi connectivity index (χ0n) is 24.7. The van der Waals surface area contributed by atoms with Crippen LogP contribution in [0.1, 0.15) is 117 Å². The fraction of sp³-hybridized carbons (Fsp3) is 0.968. The van der Waals surface area contributed by atoms with Gasteiger partial charge in [0, 0.05) is 19.3 Å². The number of hydrogen-bond donors (Lipinski definition) is 1. The highest BCUT2D eigenvalue weighted by atomic mass is 32.2. The molecule has 41 heavy (non-hydrogen) atoms. The molecule has 4 aliphatic rings. The van der Waals surface area contributed by atoms with Gasteiger partial charge in [0.2, 0.25) is 0 Å². The van der Waals surface area contributed by atoms with Crippen molar-refractivity contribution >= 4 is 15.6 Å². The first-order valence-electron chi connectivity index (χ1n) is 15.8. The molecule has 0 saturated heterocycles. The molecule has 0 heterocycles. The van der Waals surface area contributed by atoms with Crippen molar-refractivity contribution in [3.05, 3.63) is 0 Å². The molecule has 4 rings (SSSR count). The molecule has 8 atom stereocenters. The van der Waals surface area contributed by atoms with Crippen molar-refractivity contribution in [2.24, 2.45) is 40.4 Å². The van der Waals surface area contributed by atoms with Crippen LogP contribution in [0.15, 0.2) is 0 Å². The van der Waals surface area contributed by atoms with Crippen molar-refractivity contribution in [3.63, 3.8) is 0 Å². The lowest BCUT2D eigenvalue weighted by molar-refractivity contribution is -0.284. The van der Waals surface area contributed by atoms with Crippen molar-refractivity contribution in [3.8, 4) is 0 Å². The van der Waals surface area contributed by atoms with Gasteiger partial charge in [-0.2, -0.15) is 22.0 Å². The Morgan fingerprint density at radius 1 is 0.854 bits per heavy atom. The summed E-state index contributed by atoms with van der Waals surface area (Å²) < 4.78 is 87.2. The van der Waals surface area contributed by atoms with E-state index in [1.54, 1.807) is 0 Å². The number of hydrogen-bond acceptors (Lipinski definition) is 4. The third-order valence-corrected chi connectivity index (χ3v) is 13.8. The van der Waals surface area contributed by atoms with Crippen LogP contribution in [0.4, 0.5) is 22.0 Å². The topological polar surface area (TPSA) is 71.4 Å². The molecular weight excluding hydrogens is 563 g/mol. The molecule has 0 aromatic heterocycles. The van der Waals surface area contributed by atoms with Gasteiger partial charge in [0.05, 0.1) is 17.6 Å². The highest BCUT2D eigenvalue weighted by Gasteiger charge is 2.62. The van der Waals surface area contributed by atoms with Gasteiger partial charge in [-0.05, 0) is 91.8 Å². The highest BCUT2D eigenvalue weighted by molar-refractivity contribution is 7.91. The fourth-order valence-electron chi connectivity index (χ4n) is 9.51. The number of carbonyl (C=O) groups is 1. The van der Waals surface area contributed by atoms with Crippen molar-refractivity contribution in [2.45, 2.75) is 135 Å². The first kappa shape index (κ1) is 33.1. The van der Waals surface area contributed by atoms with Crippen molar-refractivity contribution in [1.29, 1.82) is 0 Å². The minimum atomic E-state index is -5.65. The van der Waals surface area contributed by atoms with Gasteiger partial charge in [0.15, 0.2) is 0 Å². The van der Waals surface area contributed by atoms with Crippen LogP contribution in [0.5, 0.6) is 0 Å². The Hall–Kier alpha value is -0.770. The van der Waals surface area contributed by atoms with E-state index in [1.165, 1.54) is 0 Å². The Labute approximate surface area is 242 Å². The molecule has 4 fully saturated rings. The minimum Gasteiger partial charge on any atom is -0.393 e. The number of halogens is 5. The number of carbonyl (C=O) groups excluding carboxylic acids is 1. The number of unbranched alkanes of at least 4 members (excludes halogenated alkanes) is 4. The number of alkyl halides is 5. The van der Waals surface area contributed by atoms with E-state index >= 15 is 0 Å². The van der Waals surface area contributed by atoms with E-state index in [1.807, 2.05) is 0 Å². The standard InChI is InChI=1S/C31H49F5O4S/c1-28-15-12-23(37)20-22(28)19-21(27-24-10-11-26(38)29(24,2)16-13-25(27)28)9-6-4-3-5-7-17-41(39,40)18-8-14-30(32,33)31(34,35)36/h21-22,24-27,38H,3-20H2,1-2H3/t21-,22+,24+,25+,26+,27+,28+,29+/m1/s1. The molecule has 0 unspecified atom stereocenters. The molecule has 0 aromatic rings. The summed E-state index contributed by atoms with van der Waals surface area (Å²) in [6, 6.07) is 0. The zero-order valence-corrected chi connectivity index (χ0v) is 25.5. The maximum Gasteiger partial charge on any atom is 0.453 e. The van der Waals surface area contributed by atoms with E-state index in [2.05, 4.69) is 13.8 Å². The number of aliphatic hydroxyl groups is 1. The van der Waals surface area contributed by atoms with Gasteiger partial charge in [0.25, 0.3) is 0 Å². The predicted octanol–water partition coefficient (Wildman–Crippen LogP) is 7.92. The second-order valence-electron chi connectivity index (χ2n) is 14.4. The average molecular weight is 613 g/mol. The number of aliphatic hydroxyl groups excluding tert-OH is 1. The Morgan fingerprint density at radius 3 is 2.20 bits per heavy atom. The van der Waals surface area contributed by atoms with Crippen molar-refractivity contribution in [2.75, 3.05) is 11.5 Å². The molecule has 0 amide bonds. The normalized spacial score (nSPS) is 37.9. The Morgan fingerprint density at radius 2 is 1.49 bits per heavy atom. The van der Waals surface area contributed by atoms with Gasteiger partial charge < -0.3 is 5.11 Å². The molecule has 0 radical (unpaired) electrons. The van der Waals surface area contributed by atoms with Crippen LogP contribution in [-0.2, 0) is 14.6 Å². The summed E-state index contributed by atoms with van der Waals surface area (Å²) in [5.41, 5.74) is 0.194. The maximum absolute atomic E-state index is 13.0. The summed E-state index contributed by atoms with van der Waals surface area (Å²) in [6.07, 6.45) is 4.49. The smallest absolute Gasteiger partial charge is 0.393 e. The highest BCUT2D eigenvalue weighted by Crippen LogP contribution is 2.67. The Kier molecular flexibility index (Phi) is 9.95. The SMILES string of the molecule is C[C@]12CCC(=O)C[C@@H]1C[C@@H](CCCCCCCS(=O)(=O)CCCC(F)(F)C(F)(F)F)[C@@H]1[C@@H]2CC[C@]2(C)[C@@H](O)CC[C@@H]12. The molecule has 0 aliphatic heterocycles. The summed E-state index contributed by atoms with van der Waals surface area (Å²) in [7, 11) is -3.66. The number of fused-ring (bicyclic) bond motifs is 5. The van der Waals surface area contributed by atoms with Crippen molar-refractivity contribution < 1.29 is 40.3 Å². The lowest BCUT2D eigenvalue weighted by atomic mass is 9.42. The van der Waals surface area contributed by atoms with Crippen LogP contribution in [0.25, 0.3) is 0 Å².